The van der Waals surface area contributed by atoms with E-state index in [1.165, 1.54) is 16.8 Å². The smallest absolute Gasteiger partial charge is 0.146 e. The van der Waals surface area contributed by atoms with Crippen molar-refractivity contribution in [1.29, 1.82) is 0 Å². The van der Waals surface area contributed by atoms with Crippen LogP contribution in [0.2, 0.25) is 0 Å². The molecular formula is C21H22Br2N2. The zero-order chi connectivity index (χ0) is 18.1. The van der Waals surface area contributed by atoms with Crippen LogP contribution in [0.4, 0.5) is 0 Å². The van der Waals surface area contributed by atoms with Crippen LogP contribution in [-0.4, -0.2) is 9.55 Å². The highest BCUT2D eigenvalue weighted by Crippen LogP contribution is 2.39. The van der Waals surface area contributed by atoms with Gasteiger partial charge in [-0.3, -0.25) is 4.57 Å². The maximum absolute atomic E-state index is 4.79. The SMILES string of the molecule is CC(C)c1cccc(C(C)C)c1-n1c(-c2ccccc2)nc(Br)c1Br. The molecule has 130 valence electrons. The molecule has 2 nitrogen and oxygen atoms in total. The van der Waals surface area contributed by atoms with Gasteiger partial charge in [0.2, 0.25) is 0 Å². The minimum Gasteiger partial charge on any atom is -0.285 e. The summed E-state index contributed by atoms with van der Waals surface area (Å²) in [7, 11) is 0. The average Bonchev–Trinajstić information content (AvgIpc) is 2.90. The maximum Gasteiger partial charge on any atom is 0.146 e. The van der Waals surface area contributed by atoms with E-state index < -0.39 is 0 Å². The number of nitrogens with zero attached hydrogens (tertiary/aromatic N) is 2. The molecule has 0 bridgehead atoms. The summed E-state index contributed by atoms with van der Waals surface area (Å²) in [6, 6.07) is 16.9. The molecule has 0 aliphatic carbocycles. The van der Waals surface area contributed by atoms with E-state index >= 15 is 0 Å². The Morgan fingerprint density at radius 3 is 1.88 bits per heavy atom. The van der Waals surface area contributed by atoms with Gasteiger partial charge in [0.25, 0.3) is 0 Å². The van der Waals surface area contributed by atoms with Gasteiger partial charge in [-0.05, 0) is 54.8 Å². The quantitative estimate of drug-likeness (QED) is 0.398. The van der Waals surface area contributed by atoms with Crippen LogP contribution >= 0.6 is 31.9 Å². The Morgan fingerprint density at radius 2 is 1.36 bits per heavy atom. The summed E-state index contributed by atoms with van der Waals surface area (Å²) in [6.07, 6.45) is 0. The van der Waals surface area contributed by atoms with Crippen LogP contribution in [-0.2, 0) is 0 Å². The van der Waals surface area contributed by atoms with Gasteiger partial charge >= 0.3 is 0 Å². The first-order chi connectivity index (χ1) is 11.9. The molecule has 25 heavy (non-hydrogen) atoms. The Morgan fingerprint density at radius 1 is 0.800 bits per heavy atom. The summed E-state index contributed by atoms with van der Waals surface area (Å²) in [6.45, 7) is 8.96. The number of halogens is 2. The average molecular weight is 462 g/mol. The third-order valence-electron chi connectivity index (χ3n) is 4.38. The summed E-state index contributed by atoms with van der Waals surface area (Å²) >= 11 is 7.36. The van der Waals surface area contributed by atoms with Gasteiger partial charge in [0.15, 0.2) is 0 Å². The molecule has 0 amide bonds. The monoisotopic (exact) mass is 460 g/mol. The number of imidazole rings is 1. The van der Waals surface area contributed by atoms with E-state index in [0.29, 0.717) is 11.8 Å². The van der Waals surface area contributed by atoms with Crippen LogP contribution in [0.3, 0.4) is 0 Å². The molecule has 0 fully saturated rings. The standard InChI is InChI=1S/C21H22Br2N2/c1-13(2)16-11-8-12-17(14(3)4)18(16)25-20(23)19(22)24-21(25)15-9-6-5-7-10-15/h5-14H,1-4H3. The van der Waals surface area contributed by atoms with Crippen LogP contribution < -0.4 is 0 Å². The van der Waals surface area contributed by atoms with Crippen molar-refractivity contribution in [3.8, 4) is 17.1 Å². The first kappa shape index (κ1) is 18.4. The zero-order valence-electron chi connectivity index (χ0n) is 14.9. The highest BCUT2D eigenvalue weighted by molar-refractivity contribution is 9.13. The molecule has 0 radical (unpaired) electrons. The second kappa shape index (κ2) is 7.46. The van der Waals surface area contributed by atoms with Gasteiger partial charge in [0, 0.05) is 5.56 Å². The Hall–Kier alpha value is -1.39. The molecule has 0 N–H and O–H groups in total. The predicted molar refractivity (Wildman–Crippen MR) is 113 cm³/mol. The van der Waals surface area contributed by atoms with Crippen molar-refractivity contribution in [3.05, 3.63) is 68.9 Å². The molecule has 0 saturated carbocycles. The molecule has 0 saturated heterocycles. The fourth-order valence-electron chi connectivity index (χ4n) is 3.13. The third-order valence-corrected chi connectivity index (χ3v) is 6.20. The van der Waals surface area contributed by atoms with Gasteiger partial charge < -0.3 is 0 Å². The summed E-state index contributed by atoms with van der Waals surface area (Å²) in [4.78, 5) is 4.79. The first-order valence-electron chi connectivity index (χ1n) is 8.54. The van der Waals surface area contributed by atoms with Gasteiger partial charge in [-0.2, -0.15) is 0 Å². The predicted octanol–water partition coefficient (Wildman–Crippen LogP) is 7.31. The number of para-hydroxylation sites is 1. The van der Waals surface area contributed by atoms with E-state index in [-0.39, 0.29) is 0 Å². The molecule has 0 atom stereocenters. The molecule has 3 rings (SSSR count). The Kier molecular flexibility index (Phi) is 5.49. The molecule has 3 aromatic rings. The van der Waals surface area contributed by atoms with E-state index in [2.05, 4.69) is 94.5 Å². The molecule has 0 aliphatic rings. The lowest BCUT2D eigenvalue weighted by Gasteiger charge is -2.22. The molecule has 4 heteroatoms. The van der Waals surface area contributed by atoms with Crippen molar-refractivity contribution in [3.63, 3.8) is 0 Å². The van der Waals surface area contributed by atoms with Crippen molar-refractivity contribution < 1.29 is 0 Å². The molecule has 2 aromatic carbocycles. The lowest BCUT2D eigenvalue weighted by molar-refractivity contribution is 0.803. The van der Waals surface area contributed by atoms with Crippen LogP contribution in [0.15, 0.2) is 57.7 Å². The fraction of sp³-hybridized carbons (Fsp3) is 0.286. The molecule has 0 spiro atoms. The molecule has 1 heterocycles. The van der Waals surface area contributed by atoms with E-state index in [0.717, 1.165) is 20.6 Å². The number of aromatic nitrogens is 2. The van der Waals surface area contributed by atoms with Crippen LogP contribution in [0.1, 0.15) is 50.7 Å². The lowest BCUT2D eigenvalue weighted by atomic mass is 9.92. The first-order valence-corrected chi connectivity index (χ1v) is 10.1. The minimum atomic E-state index is 0.422. The highest BCUT2D eigenvalue weighted by atomic mass is 79.9. The van der Waals surface area contributed by atoms with Crippen molar-refractivity contribution in [1.82, 2.24) is 9.55 Å². The van der Waals surface area contributed by atoms with Gasteiger partial charge in [0.05, 0.1) is 5.69 Å². The van der Waals surface area contributed by atoms with Gasteiger partial charge in [-0.25, -0.2) is 4.98 Å². The summed E-state index contributed by atoms with van der Waals surface area (Å²) in [5, 5.41) is 0. The van der Waals surface area contributed by atoms with Gasteiger partial charge in [-0.1, -0.05) is 76.2 Å². The van der Waals surface area contributed by atoms with Crippen LogP contribution in [0.25, 0.3) is 17.1 Å². The Bertz CT molecular complexity index is 854. The van der Waals surface area contributed by atoms with Crippen molar-refractivity contribution in [2.75, 3.05) is 0 Å². The number of benzene rings is 2. The van der Waals surface area contributed by atoms with E-state index in [9.17, 15) is 0 Å². The van der Waals surface area contributed by atoms with Crippen molar-refractivity contribution in [2.45, 2.75) is 39.5 Å². The van der Waals surface area contributed by atoms with Gasteiger partial charge in [0.1, 0.15) is 15.0 Å². The molecular weight excluding hydrogens is 440 g/mol. The summed E-state index contributed by atoms with van der Waals surface area (Å²) < 4.78 is 4.00. The number of hydrogen-bond acceptors (Lipinski definition) is 1. The Labute approximate surface area is 166 Å². The molecule has 1 aromatic heterocycles. The van der Waals surface area contributed by atoms with Crippen LogP contribution in [0, 0.1) is 0 Å². The largest absolute Gasteiger partial charge is 0.285 e. The highest BCUT2D eigenvalue weighted by Gasteiger charge is 2.23. The van der Waals surface area contributed by atoms with Gasteiger partial charge in [-0.15, -0.1) is 0 Å². The minimum absolute atomic E-state index is 0.422. The van der Waals surface area contributed by atoms with Crippen LogP contribution in [0.5, 0.6) is 0 Å². The summed E-state index contributed by atoms with van der Waals surface area (Å²) in [5.74, 6) is 1.78. The fourth-order valence-corrected chi connectivity index (χ4v) is 3.91. The zero-order valence-corrected chi connectivity index (χ0v) is 18.1. The Balaban J connectivity index is 2.38. The lowest BCUT2D eigenvalue weighted by Crippen LogP contribution is -2.08. The second-order valence-electron chi connectivity index (χ2n) is 6.81. The maximum atomic E-state index is 4.79. The summed E-state index contributed by atoms with van der Waals surface area (Å²) in [5.41, 5.74) is 4.99. The normalized spacial score (nSPS) is 11.5. The van der Waals surface area contributed by atoms with E-state index in [1.807, 2.05) is 18.2 Å². The third kappa shape index (κ3) is 3.47. The number of hydrogen-bond donors (Lipinski definition) is 0. The second-order valence-corrected chi connectivity index (χ2v) is 8.32. The van der Waals surface area contributed by atoms with E-state index in [1.54, 1.807) is 0 Å². The van der Waals surface area contributed by atoms with Crippen molar-refractivity contribution >= 4 is 31.9 Å². The van der Waals surface area contributed by atoms with E-state index in [4.69, 9.17) is 4.98 Å². The molecule has 0 aliphatic heterocycles. The topological polar surface area (TPSA) is 17.8 Å². The molecule has 0 unspecified atom stereocenters. The van der Waals surface area contributed by atoms with Crippen molar-refractivity contribution in [2.24, 2.45) is 0 Å². The number of rotatable bonds is 4.